The molecule has 0 unspecified atom stereocenters. The van der Waals surface area contributed by atoms with Gasteiger partial charge in [-0.2, -0.15) is 0 Å². The Labute approximate surface area is 148 Å². The van der Waals surface area contributed by atoms with Gasteiger partial charge in [0.05, 0.1) is 20.3 Å². The first-order valence-electron chi connectivity index (χ1n) is 8.52. The van der Waals surface area contributed by atoms with Crippen molar-refractivity contribution in [2.75, 3.05) is 20.8 Å². The Hall–Kier alpha value is -2.11. The zero-order chi connectivity index (χ0) is 18.0. The summed E-state index contributed by atoms with van der Waals surface area (Å²) < 4.78 is 24.1. The van der Waals surface area contributed by atoms with Crippen LogP contribution in [0.3, 0.4) is 0 Å². The summed E-state index contributed by atoms with van der Waals surface area (Å²) in [6.07, 6.45) is 0.917. The molecule has 1 heterocycles. The highest BCUT2D eigenvalue weighted by atomic mass is 19.1. The molecular weight excluding hydrogens is 319 g/mol. The fourth-order valence-corrected chi connectivity index (χ4v) is 3.65. The van der Waals surface area contributed by atoms with E-state index >= 15 is 0 Å². The summed E-state index contributed by atoms with van der Waals surface area (Å²) in [5, 5.41) is 0. The number of ether oxygens (including phenoxy) is 2. The summed E-state index contributed by atoms with van der Waals surface area (Å²) in [6.45, 7) is 3.65. The Balaban J connectivity index is 1.94. The zero-order valence-corrected chi connectivity index (χ0v) is 15.0. The van der Waals surface area contributed by atoms with Crippen LogP contribution in [0.5, 0.6) is 11.5 Å². The van der Waals surface area contributed by atoms with E-state index in [1.165, 1.54) is 23.3 Å². The lowest BCUT2D eigenvalue weighted by Crippen LogP contribution is -2.43. The number of benzene rings is 2. The van der Waals surface area contributed by atoms with Crippen molar-refractivity contribution < 1.29 is 13.9 Å². The molecule has 3 rings (SSSR count). The van der Waals surface area contributed by atoms with Crippen molar-refractivity contribution in [1.82, 2.24) is 4.90 Å². The molecule has 0 saturated carbocycles. The van der Waals surface area contributed by atoms with Crippen LogP contribution in [-0.4, -0.2) is 31.7 Å². The zero-order valence-electron chi connectivity index (χ0n) is 15.0. The highest BCUT2D eigenvalue weighted by Gasteiger charge is 2.31. The Bertz CT molecular complexity index is 731. The van der Waals surface area contributed by atoms with Gasteiger partial charge >= 0.3 is 0 Å². The molecule has 0 amide bonds. The van der Waals surface area contributed by atoms with Crippen molar-refractivity contribution >= 4 is 0 Å². The maximum atomic E-state index is 13.2. The maximum absolute atomic E-state index is 13.2. The standard InChI is InChI=1S/C20H25FN2O2/c1-13(22)20-17-11-19(25-3)18(24-2)10-15(17)8-9-23(20)12-14-4-6-16(21)7-5-14/h4-7,10-11,13,20H,8-9,12,22H2,1-3H3/t13-,20-/m1/s1. The van der Waals surface area contributed by atoms with Gasteiger partial charge in [0.1, 0.15) is 5.82 Å². The smallest absolute Gasteiger partial charge is 0.161 e. The minimum absolute atomic E-state index is 0.0439. The van der Waals surface area contributed by atoms with Crippen LogP contribution in [-0.2, 0) is 13.0 Å². The van der Waals surface area contributed by atoms with Crippen LogP contribution in [0.4, 0.5) is 4.39 Å². The molecule has 5 heteroatoms. The molecule has 1 aliphatic heterocycles. The molecule has 0 radical (unpaired) electrons. The third-order valence-corrected chi connectivity index (χ3v) is 4.82. The highest BCUT2D eigenvalue weighted by Crippen LogP contribution is 2.39. The summed E-state index contributed by atoms with van der Waals surface area (Å²) in [4.78, 5) is 2.35. The number of nitrogens with zero attached hydrogens (tertiary/aromatic N) is 1. The Kier molecular flexibility index (Phi) is 5.25. The molecule has 4 nitrogen and oxygen atoms in total. The van der Waals surface area contributed by atoms with Gasteiger partial charge in [-0.3, -0.25) is 4.90 Å². The quantitative estimate of drug-likeness (QED) is 0.904. The molecule has 0 aromatic heterocycles. The molecule has 1 aliphatic rings. The fraction of sp³-hybridized carbons (Fsp3) is 0.400. The first-order chi connectivity index (χ1) is 12.0. The summed E-state index contributed by atoms with van der Waals surface area (Å²) >= 11 is 0. The molecule has 2 atom stereocenters. The van der Waals surface area contributed by atoms with E-state index in [0.717, 1.165) is 36.6 Å². The van der Waals surface area contributed by atoms with Gasteiger partial charge in [0.25, 0.3) is 0 Å². The number of nitrogens with two attached hydrogens (primary N) is 1. The molecule has 2 aromatic rings. The van der Waals surface area contributed by atoms with E-state index in [4.69, 9.17) is 15.2 Å². The number of hydrogen-bond acceptors (Lipinski definition) is 4. The molecule has 0 aliphatic carbocycles. The van der Waals surface area contributed by atoms with Crippen molar-refractivity contribution in [2.24, 2.45) is 5.73 Å². The third kappa shape index (κ3) is 3.62. The predicted molar refractivity (Wildman–Crippen MR) is 96.5 cm³/mol. The topological polar surface area (TPSA) is 47.7 Å². The molecule has 2 N–H and O–H groups in total. The van der Waals surface area contributed by atoms with Crippen LogP contribution in [0.15, 0.2) is 36.4 Å². The van der Waals surface area contributed by atoms with Gasteiger partial charge in [-0.25, -0.2) is 4.39 Å². The van der Waals surface area contributed by atoms with E-state index in [0.29, 0.717) is 0 Å². The number of methoxy groups -OCH3 is 2. The normalized spacial score (nSPS) is 18.5. The molecule has 0 bridgehead atoms. The van der Waals surface area contributed by atoms with Gasteiger partial charge in [0, 0.05) is 19.1 Å². The lowest BCUT2D eigenvalue weighted by molar-refractivity contribution is 0.155. The van der Waals surface area contributed by atoms with Crippen LogP contribution in [0.25, 0.3) is 0 Å². The minimum Gasteiger partial charge on any atom is -0.493 e. The van der Waals surface area contributed by atoms with Crippen molar-refractivity contribution in [3.05, 3.63) is 58.9 Å². The van der Waals surface area contributed by atoms with E-state index in [1.807, 2.05) is 25.1 Å². The molecule has 134 valence electrons. The van der Waals surface area contributed by atoms with Gasteiger partial charge in [0.2, 0.25) is 0 Å². The summed E-state index contributed by atoms with van der Waals surface area (Å²) in [7, 11) is 3.29. The SMILES string of the molecule is COc1cc2c(cc1OC)[C@@H]([C@@H](C)N)N(Cc1ccc(F)cc1)CC2. The van der Waals surface area contributed by atoms with Crippen LogP contribution in [0, 0.1) is 5.82 Å². The Morgan fingerprint density at radius 3 is 2.40 bits per heavy atom. The van der Waals surface area contributed by atoms with E-state index < -0.39 is 0 Å². The number of fused-ring (bicyclic) bond motifs is 1. The second-order valence-corrected chi connectivity index (χ2v) is 6.56. The van der Waals surface area contributed by atoms with Gasteiger partial charge in [-0.1, -0.05) is 12.1 Å². The number of rotatable bonds is 5. The minimum atomic E-state index is -0.215. The maximum Gasteiger partial charge on any atom is 0.161 e. The van der Waals surface area contributed by atoms with Crippen LogP contribution < -0.4 is 15.2 Å². The van der Waals surface area contributed by atoms with Crippen molar-refractivity contribution in [3.8, 4) is 11.5 Å². The van der Waals surface area contributed by atoms with E-state index in [9.17, 15) is 4.39 Å². The van der Waals surface area contributed by atoms with E-state index in [-0.39, 0.29) is 17.9 Å². The second kappa shape index (κ2) is 7.42. The second-order valence-electron chi connectivity index (χ2n) is 6.56. The molecule has 0 fully saturated rings. The summed E-state index contributed by atoms with van der Waals surface area (Å²) in [6, 6.07) is 10.8. The number of hydrogen-bond donors (Lipinski definition) is 1. The average Bonchev–Trinajstić information content (AvgIpc) is 2.61. The Morgan fingerprint density at radius 2 is 1.80 bits per heavy atom. The molecule has 25 heavy (non-hydrogen) atoms. The van der Waals surface area contributed by atoms with Gasteiger partial charge in [-0.05, 0) is 54.3 Å². The van der Waals surface area contributed by atoms with Crippen LogP contribution >= 0.6 is 0 Å². The number of halogens is 1. The highest BCUT2D eigenvalue weighted by molar-refractivity contribution is 5.49. The predicted octanol–water partition coefficient (Wildman–Crippen LogP) is 3.29. The molecule has 0 spiro atoms. The molecule has 2 aromatic carbocycles. The molecule has 0 saturated heterocycles. The lowest BCUT2D eigenvalue weighted by Gasteiger charge is -2.40. The first kappa shape index (κ1) is 17.7. The fourth-order valence-electron chi connectivity index (χ4n) is 3.65. The lowest BCUT2D eigenvalue weighted by atomic mass is 9.88. The van der Waals surface area contributed by atoms with Gasteiger partial charge in [-0.15, -0.1) is 0 Å². The van der Waals surface area contributed by atoms with Crippen molar-refractivity contribution in [2.45, 2.75) is 32.0 Å². The monoisotopic (exact) mass is 344 g/mol. The van der Waals surface area contributed by atoms with E-state index in [1.54, 1.807) is 14.2 Å². The van der Waals surface area contributed by atoms with Crippen molar-refractivity contribution in [1.29, 1.82) is 0 Å². The van der Waals surface area contributed by atoms with E-state index in [2.05, 4.69) is 11.0 Å². The Morgan fingerprint density at radius 1 is 1.16 bits per heavy atom. The summed E-state index contributed by atoms with van der Waals surface area (Å²) in [5.41, 5.74) is 9.85. The van der Waals surface area contributed by atoms with Crippen LogP contribution in [0.2, 0.25) is 0 Å². The summed E-state index contributed by atoms with van der Waals surface area (Å²) in [5.74, 6) is 1.25. The first-order valence-corrected chi connectivity index (χ1v) is 8.52. The van der Waals surface area contributed by atoms with Crippen LogP contribution in [0.1, 0.15) is 29.7 Å². The largest absolute Gasteiger partial charge is 0.493 e. The molecular formula is C20H25FN2O2. The van der Waals surface area contributed by atoms with Crippen molar-refractivity contribution in [3.63, 3.8) is 0 Å². The third-order valence-electron chi connectivity index (χ3n) is 4.82. The van der Waals surface area contributed by atoms with Gasteiger partial charge < -0.3 is 15.2 Å². The van der Waals surface area contributed by atoms with Gasteiger partial charge in [0.15, 0.2) is 11.5 Å². The average molecular weight is 344 g/mol.